The predicted octanol–water partition coefficient (Wildman–Crippen LogP) is 6.89. The number of carbonyl (C=O) groups excluding carboxylic acids is 2. The summed E-state index contributed by atoms with van der Waals surface area (Å²) in [4.78, 5) is 26.0. The van der Waals surface area contributed by atoms with Crippen LogP contribution in [-0.4, -0.2) is 17.9 Å². The third-order valence-electron chi connectivity index (χ3n) is 13.6. The van der Waals surface area contributed by atoms with Crippen LogP contribution in [0.5, 0.6) is 0 Å². The van der Waals surface area contributed by atoms with Crippen LogP contribution in [0.4, 0.5) is 0 Å². The van der Waals surface area contributed by atoms with Gasteiger partial charge in [-0.15, -0.1) is 0 Å². The van der Waals surface area contributed by atoms with E-state index in [4.69, 9.17) is 4.74 Å². The Bertz CT molecular complexity index is 964. The Morgan fingerprint density at radius 3 is 2.27 bits per heavy atom. The van der Waals surface area contributed by atoms with Crippen LogP contribution >= 0.6 is 0 Å². The topological polar surface area (TPSA) is 43.4 Å². The first-order valence-corrected chi connectivity index (χ1v) is 13.7. The maximum absolute atomic E-state index is 13.2. The van der Waals surface area contributed by atoms with Crippen molar-refractivity contribution in [2.45, 2.75) is 112 Å². The summed E-state index contributed by atoms with van der Waals surface area (Å²) in [6, 6.07) is 0. The highest BCUT2D eigenvalue weighted by Crippen LogP contribution is 2.80. The number of rotatable bonds is 0. The van der Waals surface area contributed by atoms with Crippen molar-refractivity contribution in [1.29, 1.82) is 0 Å². The van der Waals surface area contributed by atoms with Crippen molar-refractivity contribution in [3.63, 3.8) is 0 Å². The van der Waals surface area contributed by atoms with Crippen LogP contribution in [-0.2, 0) is 14.3 Å². The summed E-state index contributed by atoms with van der Waals surface area (Å²) in [5.74, 6) is 1.27. The van der Waals surface area contributed by atoms with Gasteiger partial charge in [-0.3, -0.25) is 9.59 Å². The molecule has 6 fully saturated rings. The minimum absolute atomic E-state index is 0.0652. The molecule has 5 saturated carbocycles. The number of ether oxygens (including phenoxy) is 1. The zero-order chi connectivity index (χ0) is 23.8. The molecule has 6 aliphatic rings. The Kier molecular flexibility index (Phi) is 4.17. The predicted molar refractivity (Wildman–Crippen MR) is 129 cm³/mol. The van der Waals surface area contributed by atoms with Crippen LogP contribution in [0.2, 0.25) is 0 Å². The highest BCUT2D eigenvalue weighted by molar-refractivity contribution is 6.05. The smallest absolute Gasteiger partial charge is 0.317 e. The maximum Gasteiger partial charge on any atom is 0.317 e. The Morgan fingerprint density at radius 1 is 0.848 bits per heavy atom. The van der Waals surface area contributed by atoms with Crippen LogP contribution in [0.25, 0.3) is 0 Å². The van der Waals surface area contributed by atoms with Crippen molar-refractivity contribution in [3.8, 4) is 0 Å². The second kappa shape index (κ2) is 6.16. The number of hydrogen-bond acceptors (Lipinski definition) is 3. The number of fused-ring (bicyclic) bond motifs is 5. The summed E-state index contributed by atoms with van der Waals surface area (Å²) in [5.41, 5.74) is 1.46. The number of carbonyl (C=O) groups is 2. The second-order valence-electron chi connectivity index (χ2n) is 14.9. The normalized spacial score (nSPS) is 56.8. The third-order valence-corrected chi connectivity index (χ3v) is 13.6. The van der Waals surface area contributed by atoms with Crippen LogP contribution in [0.1, 0.15) is 106 Å². The molecule has 0 spiro atoms. The van der Waals surface area contributed by atoms with Crippen molar-refractivity contribution in [3.05, 3.63) is 12.2 Å². The van der Waals surface area contributed by atoms with Gasteiger partial charge >= 0.3 is 5.97 Å². The lowest BCUT2D eigenvalue weighted by molar-refractivity contribution is -0.259. The van der Waals surface area contributed by atoms with E-state index in [1.165, 1.54) is 38.5 Å². The van der Waals surface area contributed by atoms with E-state index in [0.29, 0.717) is 34.2 Å². The molecule has 6 rings (SSSR count). The van der Waals surface area contributed by atoms with Crippen LogP contribution in [0.3, 0.4) is 0 Å². The molecule has 3 heteroatoms. The molecule has 0 aromatic rings. The largest absolute Gasteiger partial charge is 0.461 e. The number of esters is 1. The molecule has 0 aromatic carbocycles. The van der Waals surface area contributed by atoms with Gasteiger partial charge in [0.1, 0.15) is 11.5 Å². The molecule has 5 aliphatic carbocycles. The molecule has 1 saturated heterocycles. The van der Waals surface area contributed by atoms with E-state index in [-0.39, 0.29) is 34.6 Å². The van der Waals surface area contributed by atoms with Crippen molar-refractivity contribution in [2.75, 3.05) is 0 Å². The lowest BCUT2D eigenvalue weighted by Crippen LogP contribution is -2.69. The van der Waals surface area contributed by atoms with E-state index in [1.807, 2.05) is 0 Å². The Hall–Kier alpha value is -1.12. The van der Waals surface area contributed by atoms with Gasteiger partial charge in [-0.2, -0.15) is 0 Å². The Morgan fingerprint density at radius 2 is 1.55 bits per heavy atom. The minimum atomic E-state index is -0.732. The van der Waals surface area contributed by atoms with E-state index >= 15 is 0 Å². The van der Waals surface area contributed by atoms with Crippen molar-refractivity contribution < 1.29 is 14.3 Å². The SMILES string of the molecule is C=C1C(=O)CC2OC(=O)C13CCC1(C)C(CCC4(C)C5CC(C)(C)CCC5(C)CCC14C)C23. The van der Waals surface area contributed by atoms with Gasteiger partial charge in [0, 0.05) is 17.9 Å². The third kappa shape index (κ3) is 2.34. The molecule has 1 heterocycles. The molecule has 1 aliphatic heterocycles. The molecule has 182 valence electrons. The molecule has 2 bridgehead atoms. The number of Topliss-reactive ketones (excluding diaryl/α,β-unsaturated/α-hetero) is 1. The van der Waals surface area contributed by atoms with Crippen molar-refractivity contribution in [1.82, 2.24) is 0 Å². The quantitative estimate of drug-likeness (QED) is 0.297. The first-order chi connectivity index (χ1) is 15.2. The fourth-order valence-electron chi connectivity index (χ4n) is 11.1. The summed E-state index contributed by atoms with van der Waals surface area (Å²) in [6.45, 7) is 19.6. The van der Waals surface area contributed by atoms with Gasteiger partial charge < -0.3 is 4.74 Å². The second-order valence-corrected chi connectivity index (χ2v) is 14.9. The van der Waals surface area contributed by atoms with E-state index < -0.39 is 5.41 Å². The average molecular weight is 453 g/mol. The molecular weight excluding hydrogens is 408 g/mol. The molecule has 33 heavy (non-hydrogen) atoms. The van der Waals surface area contributed by atoms with Gasteiger partial charge in [0.15, 0.2) is 5.78 Å². The highest BCUT2D eigenvalue weighted by Gasteiger charge is 2.76. The molecule has 0 radical (unpaired) electrons. The summed E-state index contributed by atoms with van der Waals surface area (Å²) in [7, 11) is 0. The lowest BCUT2D eigenvalue weighted by atomic mass is 9.29. The van der Waals surface area contributed by atoms with E-state index in [9.17, 15) is 9.59 Å². The van der Waals surface area contributed by atoms with Gasteiger partial charge in [-0.05, 0) is 96.7 Å². The van der Waals surface area contributed by atoms with Crippen molar-refractivity contribution >= 4 is 11.8 Å². The first kappa shape index (κ1) is 22.4. The Balaban J connectivity index is 1.44. The minimum Gasteiger partial charge on any atom is -0.461 e. The summed E-state index contributed by atoms with van der Waals surface area (Å²) >= 11 is 0. The van der Waals surface area contributed by atoms with Crippen LogP contribution < -0.4 is 0 Å². The van der Waals surface area contributed by atoms with Gasteiger partial charge in [0.2, 0.25) is 0 Å². The molecule has 0 amide bonds. The van der Waals surface area contributed by atoms with E-state index in [1.54, 1.807) is 0 Å². The van der Waals surface area contributed by atoms with Crippen LogP contribution in [0, 0.1) is 50.2 Å². The summed E-state index contributed by atoms with van der Waals surface area (Å²) < 4.78 is 5.96. The first-order valence-electron chi connectivity index (χ1n) is 13.7. The fourth-order valence-corrected chi connectivity index (χ4v) is 11.1. The van der Waals surface area contributed by atoms with Gasteiger partial charge in [-0.1, -0.05) is 48.1 Å². The fraction of sp³-hybridized carbons (Fsp3) is 0.867. The monoisotopic (exact) mass is 452 g/mol. The standard InChI is InChI=1S/C30H44O3/c1-18-20(31)16-21-23-19-8-9-28(6)22-17-25(2,3)10-11-26(22,4)12-14-29(28,7)27(19,5)13-15-30(18,23)24(32)33-21/h19,21-23H,1,8-17H2,2-7H3. The highest BCUT2D eigenvalue weighted by atomic mass is 16.6. The zero-order valence-electron chi connectivity index (χ0n) is 21.8. The van der Waals surface area contributed by atoms with Gasteiger partial charge in [0.05, 0.1) is 0 Å². The summed E-state index contributed by atoms with van der Waals surface area (Å²) in [5, 5.41) is 0. The zero-order valence-corrected chi connectivity index (χ0v) is 21.8. The molecule has 3 nitrogen and oxygen atoms in total. The van der Waals surface area contributed by atoms with Crippen LogP contribution in [0.15, 0.2) is 12.2 Å². The molecule has 0 aromatic heterocycles. The van der Waals surface area contributed by atoms with E-state index in [0.717, 1.165) is 25.2 Å². The number of hydrogen-bond donors (Lipinski definition) is 0. The van der Waals surface area contributed by atoms with Crippen molar-refractivity contribution in [2.24, 2.45) is 50.2 Å². The lowest BCUT2D eigenvalue weighted by Gasteiger charge is -2.75. The number of ketones is 1. The summed E-state index contributed by atoms with van der Waals surface area (Å²) in [6.07, 6.45) is 11.0. The molecule has 9 atom stereocenters. The van der Waals surface area contributed by atoms with Gasteiger partial charge in [-0.25, -0.2) is 0 Å². The Labute approximate surface area is 200 Å². The average Bonchev–Trinajstić information content (AvgIpc) is 2.98. The molecule has 0 N–H and O–H groups in total. The van der Waals surface area contributed by atoms with Gasteiger partial charge in [0.25, 0.3) is 0 Å². The van der Waals surface area contributed by atoms with E-state index in [2.05, 4.69) is 48.1 Å². The molecular formula is C30H44O3. The molecule has 9 unspecified atom stereocenters. The maximum atomic E-state index is 13.2.